The van der Waals surface area contributed by atoms with Gasteiger partial charge in [0.05, 0.1) is 11.6 Å². The van der Waals surface area contributed by atoms with Crippen LogP contribution in [0.1, 0.15) is 38.4 Å². The molecular formula is C15H24N2O2. The lowest BCUT2D eigenvalue weighted by atomic mass is 9.96. The molecule has 2 atom stereocenters. The molecule has 1 amide bonds. The predicted octanol–water partition coefficient (Wildman–Crippen LogP) is 2.01. The molecule has 0 spiro atoms. The molecule has 2 unspecified atom stereocenters. The number of hydrogen-bond donors (Lipinski definition) is 2. The minimum Gasteiger partial charge on any atom is -0.375 e. The van der Waals surface area contributed by atoms with Gasteiger partial charge in [0, 0.05) is 13.7 Å². The highest BCUT2D eigenvalue weighted by Gasteiger charge is 2.27. The van der Waals surface area contributed by atoms with E-state index in [0.29, 0.717) is 13.0 Å². The van der Waals surface area contributed by atoms with Crippen molar-refractivity contribution in [3.05, 3.63) is 35.9 Å². The zero-order chi connectivity index (χ0) is 14.3. The summed E-state index contributed by atoms with van der Waals surface area (Å²) >= 11 is 0. The molecule has 4 nitrogen and oxygen atoms in total. The Labute approximate surface area is 115 Å². The van der Waals surface area contributed by atoms with Gasteiger partial charge in [-0.2, -0.15) is 0 Å². The lowest BCUT2D eigenvalue weighted by Gasteiger charge is -2.24. The Balaban J connectivity index is 2.57. The molecule has 4 heteroatoms. The fourth-order valence-electron chi connectivity index (χ4n) is 2.03. The molecule has 0 aliphatic heterocycles. The van der Waals surface area contributed by atoms with Gasteiger partial charge < -0.3 is 15.8 Å². The maximum Gasteiger partial charge on any atom is 0.239 e. The summed E-state index contributed by atoms with van der Waals surface area (Å²) in [5, 5.41) is 2.87. The highest BCUT2D eigenvalue weighted by molar-refractivity contribution is 5.85. The first-order valence-corrected chi connectivity index (χ1v) is 6.66. The van der Waals surface area contributed by atoms with Crippen molar-refractivity contribution in [2.24, 2.45) is 5.73 Å². The van der Waals surface area contributed by atoms with E-state index in [1.54, 1.807) is 14.0 Å². The summed E-state index contributed by atoms with van der Waals surface area (Å²) in [6.45, 7) is 4.20. The first kappa shape index (κ1) is 15.7. The van der Waals surface area contributed by atoms with Crippen molar-refractivity contribution in [2.45, 2.75) is 38.3 Å². The molecule has 0 bridgehead atoms. The van der Waals surface area contributed by atoms with Crippen molar-refractivity contribution < 1.29 is 9.53 Å². The smallest absolute Gasteiger partial charge is 0.239 e. The number of ether oxygens (including phenoxy) is 1. The highest BCUT2D eigenvalue weighted by atomic mass is 16.5. The number of hydrogen-bond acceptors (Lipinski definition) is 3. The minimum atomic E-state index is -0.816. The van der Waals surface area contributed by atoms with Crippen LogP contribution in [0, 0.1) is 0 Å². The second-order valence-electron chi connectivity index (χ2n) is 5.01. The van der Waals surface area contributed by atoms with Gasteiger partial charge in [-0.1, -0.05) is 43.7 Å². The first-order chi connectivity index (χ1) is 9.01. The van der Waals surface area contributed by atoms with Gasteiger partial charge in [-0.15, -0.1) is 0 Å². The second kappa shape index (κ2) is 7.26. The minimum absolute atomic E-state index is 0.132. The zero-order valence-electron chi connectivity index (χ0n) is 12.0. The SMILES string of the molecule is CCCC(C)(N)C(=O)NCC(OC)c1ccccc1. The summed E-state index contributed by atoms with van der Waals surface area (Å²) < 4.78 is 5.40. The molecule has 106 valence electrons. The third kappa shape index (κ3) is 4.65. The number of methoxy groups -OCH3 is 1. The number of carbonyl (C=O) groups is 1. The molecule has 0 aliphatic rings. The molecule has 0 saturated carbocycles. The number of benzene rings is 1. The molecule has 1 rings (SSSR count). The number of nitrogens with one attached hydrogen (secondary N) is 1. The van der Waals surface area contributed by atoms with Crippen LogP contribution < -0.4 is 11.1 Å². The quantitative estimate of drug-likeness (QED) is 0.791. The maximum absolute atomic E-state index is 12.0. The van der Waals surface area contributed by atoms with E-state index in [9.17, 15) is 4.79 Å². The van der Waals surface area contributed by atoms with Gasteiger partial charge in [0.2, 0.25) is 5.91 Å². The van der Waals surface area contributed by atoms with Crippen molar-refractivity contribution in [1.82, 2.24) is 5.32 Å². The fourth-order valence-corrected chi connectivity index (χ4v) is 2.03. The largest absolute Gasteiger partial charge is 0.375 e. The van der Waals surface area contributed by atoms with Crippen molar-refractivity contribution in [3.63, 3.8) is 0 Å². The van der Waals surface area contributed by atoms with Crippen molar-refractivity contribution in [1.29, 1.82) is 0 Å². The van der Waals surface area contributed by atoms with Gasteiger partial charge in [-0.3, -0.25) is 4.79 Å². The molecule has 0 aromatic heterocycles. The van der Waals surface area contributed by atoms with Gasteiger partial charge in [0.1, 0.15) is 0 Å². The number of amides is 1. The zero-order valence-corrected chi connectivity index (χ0v) is 12.0. The summed E-state index contributed by atoms with van der Waals surface area (Å²) in [7, 11) is 1.64. The Morgan fingerprint density at radius 1 is 1.42 bits per heavy atom. The third-order valence-corrected chi connectivity index (χ3v) is 3.19. The molecule has 3 N–H and O–H groups in total. The number of nitrogens with two attached hydrogens (primary N) is 1. The molecule has 1 aromatic carbocycles. The van der Waals surface area contributed by atoms with Crippen LogP contribution in [0.2, 0.25) is 0 Å². The average Bonchev–Trinajstić information content (AvgIpc) is 2.40. The summed E-state index contributed by atoms with van der Waals surface area (Å²) in [5.74, 6) is -0.132. The van der Waals surface area contributed by atoms with E-state index in [1.807, 2.05) is 37.3 Å². The van der Waals surface area contributed by atoms with Crippen LogP contribution in [0.3, 0.4) is 0 Å². The molecular weight excluding hydrogens is 240 g/mol. The lowest BCUT2D eigenvalue weighted by Crippen LogP contribution is -2.52. The van der Waals surface area contributed by atoms with Crippen LogP contribution in [-0.4, -0.2) is 25.1 Å². The molecule has 0 heterocycles. The monoisotopic (exact) mass is 264 g/mol. The molecule has 1 aromatic rings. The molecule has 0 aliphatic carbocycles. The maximum atomic E-state index is 12.0. The van der Waals surface area contributed by atoms with E-state index in [2.05, 4.69) is 5.32 Å². The Hall–Kier alpha value is -1.39. The second-order valence-corrected chi connectivity index (χ2v) is 5.01. The predicted molar refractivity (Wildman–Crippen MR) is 76.7 cm³/mol. The molecule has 0 radical (unpaired) electrons. The normalized spacial score (nSPS) is 15.6. The van der Waals surface area contributed by atoms with Crippen LogP contribution in [0.25, 0.3) is 0 Å². The Morgan fingerprint density at radius 2 is 2.05 bits per heavy atom. The van der Waals surface area contributed by atoms with Crippen LogP contribution in [-0.2, 0) is 9.53 Å². The van der Waals surface area contributed by atoms with Crippen LogP contribution in [0.15, 0.2) is 30.3 Å². The van der Waals surface area contributed by atoms with Crippen molar-refractivity contribution in [2.75, 3.05) is 13.7 Å². The van der Waals surface area contributed by atoms with E-state index < -0.39 is 5.54 Å². The van der Waals surface area contributed by atoms with Crippen LogP contribution in [0.5, 0.6) is 0 Å². The first-order valence-electron chi connectivity index (χ1n) is 6.66. The van der Waals surface area contributed by atoms with E-state index in [-0.39, 0.29) is 12.0 Å². The van der Waals surface area contributed by atoms with E-state index in [0.717, 1.165) is 12.0 Å². The lowest BCUT2D eigenvalue weighted by molar-refractivity contribution is -0.126. The number of rotatable bonds is 7. The number of carbonyl (C=O) groups excluding carboxylic acids is 1. The Kier molecular flexibility index (Phi) is 5.99. The van der Waals surface area contributed by atoms with Gasteiger partial charge in [0.25, 0.3) is 0 Å². The summed E-state index contributed by atoms with van der Waals surface area (Å²) in [4.78, 5) is 12.0. The van der Waals surface area contributed by atoms with Crippen molar-refractivity contribution in [3.8, 4) is 0 Å². The summed E-state index contributed by atoms with van der Waals surface area (Å²) in [6, 6.07) is 9.82. The Morgan fingerprint density at radius 3 is 2.58 bits per heavy atom. The van der Waals surface area contributed by atoms with Crippen molar-refractivity contribution >= 4 is 5.91 Å². The van der Waals surface area contributed by atoms with Crippen LogP contribution >= 0.6 is 0 Å². The standard InChI is InChI=1S/C15H24N2O2/c1-4-10-15(2,16)14(18)17-11-13(19-3)12-8-6-5-7-9-12/h5-9,13H,4,10-11,16H2,1-3H3,(H,17,18). The van der Waals surface area contributed by atoms with Gasteiger partial charge >= 0.3 is 0 Å². The summed E-state index contributed by atoms with van der Waals surface area (Å²) in [5.41, 5.74) is 6.21. The Bertz CT molecular complexity index is 390. The summed E-state index contributed by atoms with van der Waals surface area (Å²) in [6.07, 6.45) is 1.40. The third-order valence-electron chi connectivity index (χ3n) is 3.19. The van der Waals surface area contributed by atoms with Gasteiger partial charge in [-0.05, 0) is 18.9 Å². The van der Waals surface area contributed by atoms with Crippen LogP contribution in [0.4, 0.5) is 0 Å². The molecule has 0 saturated heterocycles. The average molecular weight is 264 g/mol. The van der Waals surface area contributed by atoms with E-state index in [1.165, 1.54) is 0 Å². The highest BCUT2D eigenvalue weighted by Crippen LogP contribution is 2.15. The molecule has 0 fully saturated rings. The fraction of sp³-hybridized carbons (Fsp3) is 0.533. The van der Waals surface area contributed by atoms with E-state index >= 15 is 0 Å². The van der Waals surface area contributed by atoms with Gasteiger partial charge in [-0.25, -0.2) is 0 Å². The topological polar surface area (TPSA) is 64.4 Å². The van der Waals surface area contributed by atoms with E-state index in [4.69, 9.17) is 10.5 Å². The molecule has 19 heavy (non-hydrogen) atoms. The van der Waals surface area contributed by atoms with Gasteiger partial charge in [0.15, 0.2) is 0 Å².